The van der Waals surface area contributed by atoms with Crippen LogP contribution >= 0.6 is 0 Å². The maximum atomic E-state index is 11.6. The molecule has 0 radical (unpaired) electrons. The highest BCUT2D eigenvalue weighted by atomic mass is 16.2. The number of rotatable bonds is 0. The van der Waals surface area contributed by atoms with Crippen molar-refractivity contribution in [3.05, 3.63) is 11.8 Å². The van der Waals surface area contributed by atoms with Gasteiger partial charge in [-0.1, -0.05) is 0 Å². The molecule has 0 saturated carbocycles. The first-order chi connectivity index (χ1) is 7.36. The first-order valence-electron chi connectivity index (χ1n) is 5.43. The van der Waals surface area contributed by atoms with E-state index in [1.807, 2.05) is 12.3 Å². The molecule has 0 aromatic carbocycles. The quantitative estimate of drug-likeness (QED) is 0.614. The number of allylic oxidation sites excluding steroid dienone is 2. The van der Waals surface area contributed by atoms with Crippen molar-refractivity contribution in [3.8, 4) is 0 Å². The largest absolute Gasteiger partial charge is 0.351 e. The lowest BCUT2D eigenvalue weighted by Gasteiger charge is -2.24. The number of carbonyl (C=O) groups excluding carboxylic acids is 1. The summed E-state index contributed by atoms with van der Waals surface area (Å²) in [5.41, 5.74) is 1.79. The summed E-state index contributed by atoms with van der Waals surface area (Å²) >= 11 is 0. The summed E-state index contributed by atoms with van der Waals surface area (Å²) in [7, 11) is 0. The van der Waals surface area contributed by atoms with Gasteiger partial charge in [-0.25, -0.2) is 0 Å². The molecule has 0 aliphatic carbocycles. The number of nitrogens with zero attached hydrogens (tertiary/aromatic N) is 2. The van der Waals surface area contributed by atoms with E-state index in [1.54, 1.807) is 0 Å². The van der Waals surface area contributed by atoms with Crippen molar-refractivity contribution >= 4 is 17.8 Å². The van der Waals surface area contributed by atoms with Crippen LogP contribution in [-0.4, -0.2) is 30.9 Å². The molecule has 0 aromatic heterocycles. The second-order valence-corrected chi connectivity index (χ2v) is 4.19. The third-order valence-electron chi connectivity index (χ3n) is 3.36. The van der Waals surface area contributed by atoms with E-state index >= 15 is 0 Å². The summed E-state index contributed by atoms with van der Waals surface area (Å²) < 4.78 is 0. The Morgan fingerprint density at radius 3 is 3.20 bits per heavy atom. The minimum absolute atomic E-state index is 0.0252. The van der Waals surface area contributed by atoms with Crippen LogP contribution in [0.3, 0.4) is 0 Å². The maximum Gasteiger partial charge on any atom is 0.265 e. The highest BCUT2D eigenvalue weighted by molar-refractivity contribution is 6.41. The van der Waals surface area contributed by atoms with Gasteiger partial charge in [0, 0.05) is 36.8 Å². The van der Waals surface area contributed by atoms with Crippen molar-refractivity contribution in [2.24, 2.45) is 21.8 Å². The van der Waals surface area contributed by atoms with Crippen LogP contribution in [0.1, 0.15) is 12.8 Å². The van der Waals surface area contributed by atoms with Crippen LogP contribution < -0.4 is 5.32 Å². The number of aliphatic imine (C=N–C) groups is 2. The van der Waals surface area contributed by atoms with Gasteiger partial charge in [-0.3, -0.25) is 14.8 Å². The third-order valence-corrected chi connectivity index (χ3v) is 3.36. The van der Waals surface area contributed by atoms with Crippen LogP contribution in [0.4, 0.5) is 0 Å². The zero-order valence-corrected chi connectivity index (χ0v) is 8.44. The number of hydrogen-bond donors (Lipinski definition) is 1. The second-order valence-electron chi connectivity index (χ2n) is 4.19. The Morgan fingerprint density at radius 2 is 2.27 bits per heavy atom. The molecule has 0 bridgehead atoms. The summed E-state index contributed by atoms with van der Waals surface area (Å²) in [6.07, 6.45) is 5.81. The van der Waals surface area contributed by atoms with Gasteiger partial charge in [0.15, 0.2) is 0 Å². The monoisotopic (exact) mass is 203 g/mol. The van der Waals surface area contributed by atoms with Gasteiger partial charge in [-0.2, -0.15) is 0 Å². The van der Waals surface area contributed by atoms with Gasteiger partial charge in [0.2, 0.25) is 0 Å². The lowest BCUT2D eigenvalue weighted by atomic mass is 9.82. The van der Waals surface area contributed by atoms with Crippen LogP contribution in [0, 0.1) is 11.8 Å². The first-order valence-corrected chi connectivity index (χ1v) is 5.43. The van der Waals surface area contributed by atoms with E-state index in [4.69, 9.17) is 0 Å². The molecule has 2 atom stereocenters. The van der Waals surface area contributed by atoms with Gasteiger partial charge in [0.05, 0.1) is 0 Å². The fourth-order valence-corrected chi connectivity index (χ4v) is 2.62. The smallest absolute Gasteiger partial charge is 0.265 e. The number of piperidine rings is 1. The molecule has 0 aromatic rings. The van der Waals surface area contributed by atoms with Gasteiger partial charge >= 0.3 is 0 Å². The number of carbonyl (C=O) groups is 1. The van der Waals surface area contributed by atoms with Crippen molar-refractivity contribution in [1.29, 1.82) is 0 Å². The molecule has 15 heavy (non-hydrogen) atoms. The zero-order valence-electron chi connectivity index (χ0n) is 8.44. The molecule has 4 nitrogen and oxygen atoms in total. The molecule has 3 aliphatic rings. The van der Waals surface area contributed by atoms with Crippen LogP contribution in [-0.2, 0) is 4.79 Å². The van der Waals surface area contributed by atoms with E-state index in [2.05, 4.69) is 15.3 Å². The van der Waals surface area contributed by atoms with Gasteiger partial charge in [0.1, 0.15) is 5.71 Å². The molecule has 3 heterocycles. The molecule has 3 rings (SSSR count). The lowest BCUT2D eigenvalue weighted by molar-refractivity contribution is -0.115. The molecular formula is C11H13N3O. The van der Waals surface area contributed by atoms with Crippen LogP contribution in [0.25, 0.3) is 0 Å². The standard InChI is InChI=1S/C11H13N3O/c15-11-10-8(2-6-13-11)7-1-4-12-5-3-9(7)14-10/h3,5,7-8H,1-2,4,6H2,(H,13,15). The minimum Gasteiger partial charge on any atom is -0.351 e. The average molecular weight is 203 g/mol. The van der Waals surface area contributed by atoms with Gasteiger partial charge < -0.3 is 5.32 Å². The molecule has 1 fully saturated rings. The minimum atomic E-state index is 0.0252. The Morgan fingerprint density at radius 1 is 1.33 bits per heavy atom. The molecule has 1 amide bonds. The van der Waals surface area contributed by atoms with E-state index < -0.39 is 0 Å². The normalized spacial score (nSPS) is 33.5. The Balaban J connectivity index is 1.99. The molecular weight excluding hydrogens is 190 g/mol. The highest BCUT2D eigenvalue weighted by Gasteiger charge is 2.40. The molecule has 0 spiro atoms. The van der Waals surface area contributed by atoms with Crippen molar-refractivity contribution in [1.82, 2.24) is 5.32 Å². The van der Waals surface area contributed by atoms with E-state index in [9.17, 15) is 4.79 Å². The van der Waals surface area contributed by atoms with E-state index in [0.717, 1.165) is 37.3 Å². The van der Waals surface area contributed by atoms with Crippen LogP contribution in [0.2, 0.25) is 0 Å². The highest BCUT2D eigenvalue weighted by Crippen LogP contribution is 2.37. The third kappa shape index (κ3) is 1.32. The van der Waals surface area contributed by atoms with Crippen molar-refractivity contribution in [2.45, 2.75) is 12.8 Å². The maximum absolute atomic E-state index is 11.6. The lowest BCUT2D eigenvalue weighted by Crippen LogP contribution is -2.42. The number of hydrogen-bond acceptors (Lipinski definition) is 3. The number of amides is 1. The van der Waals surface area contributed by atoms with Crippen molar-refractivity contribution in [2.75, 3.05) is 13.1 Å². The average Bonchev–Trinajstić information content (AvgIpc) is 2.45. The van der Waals surface area contributed by atoms with Gasteiger partial charge in [0.25, 0.3) is 5.91 Å². The molecule has 1 N–H and O–H groups in total. The predicted octanol–water partition coefficient (Wildman–Crippen LogP) is 0.552. The Labute approximate surface area is 88.2 Å². The number of fused-ring (bicyclic) bond motifs is 3. The first kappa shape index (κ1) is 8.83. The van der Waals surface area contributed by atoms with E-state index in [0.29, 0.717) is 11.8 Å². The van der Waals surface area contributed by atoms with Crippen molar-refractivity contribution in [3.63, 3.8) is 0 Å². The zero-order chi connectivity index (χ0) is 10.3. The molecule has 78 valence electrons. The summed E-state index contributed by atoms with van der Waals surface area (Å²) in [6, 6.07) is 0. The SMILES string of the molecule is O=C1NCCC2C1=NC1=CC=NCCC12. The molecule has 1 saturated heterocycles. The Hall–Kier alpha value is -1.45. The summed E-state index contributed by atoms with van der Waals surface area (Å²) in [4.78, 5) is 20.3. The summed E-state index contributed by atoms with van der Waals surface area (Å²) in [5.74, 6) is 0.789. The molecule has 3 aliphatic heterocycles. The van der Waals surface area contributed by atoms with Gasteiger partial charge in [-0.15, -0.1) is 0 Å². The van der Waals surface area contributed by atoms with Gasteiger partial charge in [-0.05, 0) is 18.9 Å². The van der Waals surface area contributed by atoms with Crippen molar-refractivity contribution < 1.29 is 4.79 Å². The van der Waals surface area contributed by atoms with E-state index in [-0.39, 0.29) is 5.91 Å². The van der Waals surface area contributed by atoms with E-state index in [1.165, 1.54) is 0 Å². The molecule has 4 heteroatoms. The Bertz CT molecular complexity index is 395. The second kappa shape index (κ2) is 3.29. The Kier molecular flexibility index (Phi) is 1.94. The van der Waals surface area contributed by atoms with Crippen LogP contribution in [0.5, 0.6) is 0 Å². The predicted molar refractivity (Wildman–Crippen MR) is 58.1 cm³/mol. The fourth-order valence-electron chi connectivity index (χ4n) is 2.62. The van der Waals surface area contributed by atoms with Crippen LogP contribution in [0.15, 0.2) is 21.8 Å². The topological polar surface area (TPSA) is 53.8 Å². The number of nitrogens with one attached hydrogen (secondary N) is 1. The fraction of sp³-hybridized carbons (Fsp3) is 0.545. The summed E-state index contributed by atoms with van der Waals surface area (Å²) in [6.45, 7) is 1.64. The molecule has 2 unspecified atom stereocenters. The summed E-state index contributed by atoms with van der Waals surface area (Å²) in [5, 5.41) is 2.85.